The van der Waals surface area contributed by atoms with Gasteiger partial charge in [0.15, 0.2) is 0 Å². The molecule has 0 saturated carbocycles. The van der Waals surface area contributed by atoms with E-state index in [1.807, 2.05) is 18.2 Å². The van der Waals surface area contributed by atoms with Crippen molar-refractivity contribution in [2.75, 3.05) is 13.1 Å². The van der Waals surface area contributed by atoms with Gasteiger partial charge in [-0.05, 0) is 12.1 Å². The lowest BCUT2D eigenvalue weighted by Crippen LogP contribution is -2.11. The molecule has 1 aromatic rings. The van der Waals surface area contributed by atoms with Crippen molar-refractivity contribution in [3.8, 4) is 0 Å². The Labute approximate surface area is 86.2 Å². The summed E-state index contributed by atoms with van der Waals surface area (Å²) in [5, 5.41) is 3.23. The van der Waals surface area contributed by atoms with Crippen LogP contribution in [0.25, 0.3) is 6.08 Å². The summed E-state index contributed by atoms with van der Waals surface area (Å²) in [6.07, 6.45) is 8.34. The summed E-state index contributed by atoms with van der Waals surface area (Å²) >= 11 is 0. The molecule has 0 atom stereocenters. The molecule has 1 N–H and O–H groups in total. The second-order valence-electron chi connectivity index (χ2n) is 3.01. The quantitative estimate of drug-likeness (QED) is 0.552. The van der Waals surface area contributed by atoms with Crippen molar-refractivity contribution in [2.45, 2.75) is 6.92 Å². The molecule has 1 nitrogen and oxygen atoms in total. The van der Waals surface area contributed by atoms with E-state index in [0.29, 0.717) is 0 Å². The summed E-state index contributed by atoms with van der Waals surface area (Å²) < 4.78 is 0. The summed E-state index contributed by atoms with van der Waals surface area (Å²) in [4.78, 5) is 0. The molecule has 0 unspecified atom stereocenters. The Kier molecular flexibility index (Phi) is 5.45. The predicted molar refractivity (Wildman–Crippen MR) is 63.2 cm³/mol. The van der Waals surface area contributed by atoms with E-state index in [2.05, 4.69) is 48.7 Å². The van der Waals surface area contributed by atoms with E-state index < -0.39 is 0 Å². The maximum Gasteiger partial charge on any atom is 0.0137 e. The number of nitrogens with one attached hydrogen (secondary N) is 1. The number of hydrogen-bond donors (Lipinski definition) is 1. The molecule has 0 aliphatic rings. The molecule has 74 valence electrons. The fraction of sp³-hybridized carbons (Fsp3) is 0.231. The highest BCUT2D eigenvalue weighted by Gasteiger charge is 1.79. The first-order chi connectivity index (χ1) is 6.93. The topological polar surface area (TPSA) is 12.0 Å². The molecule has 0 aromatic heterocycles. The van der Waals surface area contributed by atoms with E-state index in [-0.39, 0.29) is 0 Å². The Morgan fingerprint density at radius 1 is 1.14 bits per heavy atom. The molecule has 1 aromatic carbocycles. The second-order valence-corrected chi connectivity index (χ2v) is 3.01. The van der Waals surface area contributed by atoms with Gasteiger partial charge in [0.05, 0.1) is 0 Å². The van der Waals surface area contributed by atoms with Gasteiger partial charge in [0.2, 0.25) is 0 Å². The number of rotatable bonds is 5. The summed E-state index contributed by atoms with van der Waals surface area (Å²) in [7, 11) is 0. The second kappa shape index (κ2) is 7.10. The number of allylic oxidation sites excluding steroid dienone is 2. The molecule has 14 heavy (non-hydrogen) atoms. The molecule has 0 spiro atoms. The van der Waals surface area contributed by atoms with Gasteiger partial charge in [0.1, 0.15) is 0 Å². The molecule has 1 rings (SSSR count). The van der Waals surface area contributed by atoms with Gasteiger partial charge in [-0.15, -0.1) is 0 Å². The van der Waals surface area contributed by atoms with Crippen molar-refractivity contribution >= 4 is 6.08 Å². The lowest BCUT2D eigenvalue weighted by molar-refractivity contribution is 0.799. The van der Waals surface area contributed by atoms with Crippen molar-refractivity contribution in [1.82, 2.24) is 5.32 Å². The summed E-state index contributed by atoms with van der Waals surface area (Å²) in [6.45, 7) is 4.07. The predicted octanol–water partition coefficient (Wildman–Crippen LogP) is 2.87. The average Bonchev–Trinajstić information content (AvgIpc) is 2.25. The van der Waals surface area contributed by atoms with Gasteiger partial charge >= 0.3 is 0 Å². The minimum absolute atomic E-state index is 0.940. The minimum Gasteiger partial charge on any atom is -0.314 e. The number of benzene rings is 1. The minimum atomic E-state index is 0.940. The summed E-state index contributed by atoms with van der Waals surface area (Å²) in [6, 6.07) is 10.3. The van der Waals surface area contributed by atoms with Gasteiger partial charge in [-0.3, -0.25) is 0 Å². The number of likely N-dealkylation sites (N-methyl/N-ethyl adjacent to an activating group) is 1. The van der Waals surface area contributed by atoms with Crippen LogP contribution in [0.4, 0.5) is 0 Å². The van der Waals surface area contributed by atoms with Crippen LogP contribution < -0.4 is 5.32 Å². The highest BCUT2D eigenvalue weighted by molar-refractivity contribution is 5.50. The third kappa shape index (κ3) is 4.63. The zero-order chi connectivity index (χ0) is 10.1. The number of hydrogen-bond acceptors (Lipinski definition) is 1. The lowest BCUT2D eigenvalue weighted by Gasteiger charge is -1.91. The van der Waals surface area contributed by atoms with Crippen molar-refractivity contribution < 1.29 is 0 Å². The van der Waals surface area contributed by atoms with Crippen LogP contribution in [0.15, 0.2) is 48.6 Å². The van der Waals surface area contributed by atoms with E-state index in [1.54, 1.807) is 0 Å². The van der Waals surface area contributed by atoms with Crippen molar-refractivity contribution in [1.29, 1.82) is 0 Å². The summed E-state index contributed by atoms with van der Waals surface area (Å²) in [5.41, 5.74) is 1.24. The summed E-state index contributed by atoms with van der Waals surface area (Å²) in [5.74, 6) is 0. The van der Waals surface area contributed by atoms with Gasteiger partial charge in [-0.25, -0.2) is 0 Å². The molecular formula is C13H17N. The molecule has 0 amide bonds. The van der Waals surface area contributed by atoms with Crippen molar-refractivity contribution in [3.63, 3.8) is 0 Å². The maximum absolute atomic E-state index is 3.23. The van der Waals surface area contributed by atoms with Crippen molar-refractivity contribution in [3.05, 3.63) is 54.1 Å². The molecule has 0 fully saturated rings. The smallest absolute Gasteiger partial charge is 0.0137 e. The zero-order valence-corrected chi connectivity index (χ0v) is 8.61. The van der Waals surface area contributed by atoms with Gasteiger partial charge in [-0.1, -0.05) is 61.6 Å². The third-order valence-corrected chi connectivity index (χ3v) is 1.85. The molecule has 0 heterocycles. The van der Waals surface area contributed by atoms with E-state index in [9.17, 15) is 0 Å². The van der Waals surface area contributed by atoms with Crippen LogP contribution in [-0.2, 0) is 0 Å². The van der Waals surface area contributed by atoms with E-state index >= 15 is 0 Å². The zero-order valence-electron chi connectivity index (χ0n) is 8.61. The van der Waals surface area contributed by atoms with Crippen LogP contribution in [0.2, 0.25) is 0 Å². The standard InChI is InChI=1S/C13H17N/c1-2-14-12-8-4-7-11-13-9-5-3-6-10-13/h3-11,14H,2,12H2,1H3. The SMILES string of the molecule is CCNCC=CC=Cc1ccccc1. The molecule has 0 bridgehead atoms. The largest absolute Gasteiger partial charge is 0.314 e. The van der Waals surface area contributed by atoms with E-state index in [4.69, 9.17) is 0 Å². The molecule has 0 aliphatic heterocycles. The first-order valence-corrected chi connectivity index (χ1v) is 5.02. The van der Waals surface area contributed by atoms with Crippen LogP contribution in [0.5, 0.6) is 0 Å². The molecule has 0 saturated heterocycles. The van der Waals surface area contributed by atoms with Gasteiger partial charge < -0.3 is 5.32 Å². The molecular weight excluding hydrogens is 170 g/mol. The third-order valence-electron chi connectivity index (χ3n) is 1.85. The highest BCUT2D eigenvalue weighted by atomic mass is 14.8. The Balaban J connectivity index is 2.31. The average molecular weight is 187 g/mol. The van der Waals surface area contributed by atoms with Gasteiger partial charge in [-0.2, -0.15) is 0 Å². The fourth-order valence-corrected chi connectivity index (χ4v) is 1.11. The monoisotopic (exact) mass is 187 g/mol. The molecule has 0 aliphatic carbocycles. The Hall–Kier alpha value is -1.34. The van der Waals surface area contributed by atoms with Crippen LogP contribution in [0.1, 0.15) is 12.5 Å². The Bertz CT molecular complexity index is 285. The maximum atomic E-state index is 3.23. The van der Waals surface area contributed by atoms with Crippen molar-refractivity contribution in [2.24, 2.45) is 0 Å². The fourth-order valence-electron chi connectivity index (χ4n) is 1.11. The first kappa shape index (κ1) is 10.7. The molecule has 0 radical (unpaired) electrons. The van der Waals surface area contributed by atoms with Crippen LogP contribution >= 0.6 is 0 Å². The van der Waals surface area contributed by atoms with Crippen LogP contribution in [0, 0.1) is 0 Å². The van der Waals surface area contributed by atoms with Gasteiger partial charge in [0, 0.05) is 6.54 Å². The van der Waals surface area contributed by atoms with Gasteiger partial charge in [0.25, 0.3) is 0 Å². The molecule has 1 heteroatoms. The lowest BCUT2D eigenvalue weighted by atomic mass is 10.2. The first-order valence-electron chi connectivity index (χ1n) is 5.02. The Morgan fingerprint density at radius 3 is 2.64 bits per heavy atom. The normalized spacial score (nSPS) is 11.5. The van der Waals surface area contributed by atoms with E-state index in [0.717, 1.165) is 13.1 Å². The van der Waals surface area contributed by atoms with Crippen LogP contribution in [-0.4, -0.2) is 13.1 Å². The van der Waals surface area contributed by atoms with E-state index in [1.165, 1.54) is 5.56 Å². The highest BCUT2D eigenvalue weighted by Crippen LogP contribution is 2.00. The Morgan fingerprint density at radius 2 is 1.93 bits per heavy atom. The van der Waals surface area contributed by atoms with Crippen LogP contribution in [0.3, 0.4) is 0 Å².